The number of ether oxygens (including phenoxy) is 6. The van der Waals surface area contributed by atoms with E-state index in [1.165, 1.54) is 44.4 Å². The van der Waals surface area contributed by atoms with Crippen LogP contribution in [-0.2, 0) is 47.6 Å². The lowest BCUT2D eigenvalue weighted by Crippen LogP contribution is -2.63. The summed E-state index contributed by atoms with van der Waals surface area (Å²) < 4.78 is 34.1. The number of hydrogen-bond donors (Lipinski definition) is 1. The Bertz CT molecular complexity index is 2390. The van der Waals surface area contributed by atoms with Gasteiger partial charge >= 0.3 is 23.9 Å². The molecule has 0 saturated carbocycles. The Morgan fingerprint density at radius 3 is 1.63 bits per heavy atom. The smallest absolute Gasteiger partial charge is 0.303 e. The molecule has 412 valence electrons. The number of rotatable bonds is 25. The van der Waals surface area contributed by atoms with Gasteiger partial charge in [0.25, 0.3) is 0 Å². The van der Waals surface area contributed by atoms with Gasteiger partial charge in [-0.2, -0.15) is 0 Å². The molecule has 0 bridgehead atoms. The van der Waals surface area contributed by atoms with Crippen LogP contribution in [0.15, 0.2) is 166 Å². The number of allylic oxidation sites excluding steroid dienone is 26. The van der Waals surface area contributed by atoms with Crippen LogP contribution in [0.1, 0.15) is 143 Å². The van der Waals surface area contributed by atoms with Gasteiger partial charge in [0.15, 0.2) is 24.6 Å². The van der Waals surface area contributed by atoms with Crippen molar-refractivity contribution >= 4 is 23.9 Å². The summed E-state index contributed by atoms with van der Waals surface area (Å²) >= 11 is 0. The summed E-state index contributed by atoms with van der Waals surface area (Å²) in [5.74, 6) is -2.28. The van der Waals surface area contributed by atoms with Crippen LogP contribution in [0.3, 0.4) is 0 Å². The molecule has 7 atom stereocenters. The zero-order chi connectivity index (χ0) is 56.5. The van der Waals surface area contributed by atoms with Crippen molar-refractivity contribution in [3.8, 4) is 0 Å². The molecule has 0 spiro atoms. The zero-order valence-corrected chi connectivity index (χ0v) is 48.3. The molecular formula is C64H90O11. The predicted octanol–water partition coefficient (Wildman–Crippen LogP) is 14.0. The summed E-state index contributed by atoms with van der Waals surface area (Å²) in [5.41, 5.74) is 9.66. The van der Waals surface area contributed by atoms with Crippen LogP contribution < -0.4 is 0 Å². The van der Waals surface area contributed by atoms with E-state index < -0.39 is 60.2 Å². The van der Waals surface area contributed by atoms with Crippen molar-refractivity contribution in [3.63, 3.8) is 0 Å². The van der Waals surface area contributed by atoms with Gasteiger partial charge in [0.1, 0.15) is 12.7 Å². The first-order valence-corrected chi connectivity index (χ1v) is 26.2. The second-order valence-electron chi connectivity index (χ2n) is 21.3. The normalized spacial score (nSPS) is 23.3. The maximum Gasteiger partial charge on any atom is 0.303 e. The lowest BCUT2D eigenvalue weighted by atomic mass is 9.64. The van der Waals surface area contributed by atoms with E-state index in [1.54, 1.807) is 0 Å². The Morgan fingerprint density at radius 1 is 0.653 bits per heavy atom. The van der Waals surface area contributed by atoms with Gasteiger partial charge in [-0.25, -0.2) is 0 Å². The Kier molecular flexibility index (Phi) is 28.3. The van der Waals surface area contributed by atoms with E-state index in [1.807, 2.05) is 32.9 Å². The molecule has 1 aliphatic heterocycles. The molecule has 1 heterocycles. The Hall–Kier alpha value is -5.88. The van der Waals surface area contributed by atoms with E-state index in [4.69, 9.17) is 28.4 Å². The fraction of sp³-hybridized carbons (Fsp3) is 0.500. The van der Waals surface area contributed by atoms with Crippen LogP contribution >= 0.6 is 0 Å². The van der Waals surface area contributed by atoms with Crippen molar-refractivity contribution in [2.24, 2.45) is 17.3 Å². The standard InChI is InChI=1S/C64H90O11/c1-43(2)31-36-56(64(16,17)69)38-32-47(6)29-22-28-46(5)27-20-25-44(3)23-18-19-24-45(4)26-21-30-48(7)34-40-57-50(9)35-39-55(63(57,14)15)37-33-49(8)41-71-62-61(74-54(13)68)60(73-53(12)67)59(72-52(11)66)58(75-62)42-70-51(10)65/h18-34,38,40,55-56,58-62,69H,35-37,39,41-42H2,1-17H3/b19-18+,25-20+,26-21+,28-22+,38-32+,40-34+,44-23+,45-24+,46-27+,47-29+,48-30+,49-33+/t55-,56-,58+,59+,60-,61+,62+/m0/s1. The molecule has 1 N–H and O–H groups in total. The summed E-state index contributed by atoms with van der Waals surface area (Å²) in [6.45, 7) is 31.6. The fourth-order valence-electron chi connectivity index (χ4n) is 8.56. The van der Waals surface area contributed by atoms with Crippen LogP contribution in [0.5, 0.6) is 0 Å². The largest absolute Gasteiger partial charge is 0.463 e. The average molecular weight is 1040 g/mol. The van der Waals surface area contributed by atoms with Crippen LogP contribution in [-0.4, -0.2) is 78.5 Å². The van der Waals surface area contributed by atoms with Gasteiger partial charge in [-0.05, 0) is 119 Å². The summed E-state index contributed by atoms with van der Waals surface area (Å²) in [4.78, 5) is 48.3. The SMILES string of the molecule is CC(=O)OC[C@H]1O[C@@H](OC/C(C)=C/C[C@H]2CCC(C)=C(/C=C/C(C)=C/C=C/C(C)=C/C=C/C=C(C)/C=C/C=C(C)/C=C/C=C(C)/C=C/[C@H](CC=C(C)C)C(C)(C)O)C2(C)C)[C@H](OC(C)=O)[C@@H](OC(C)=O)[C@@H]1OC(C)=O. The quantitative estimate of drug-likeness (QED) is 0.0404. The molecule has 75 heavy (non-hydrogen) atoms. The van der Waals surface area contributed by atoms with Gasteiger partial charge in [-0.15, -0.1) is 0 Å². The Labute approximate surface area is 450 Å². The monoisotopic (exact) mass is 1030 g/mol. The molecule has 0 amide bonds. The van der Waals surface area contributed by atoms with E-state index in [-0.39, 0.29) is 24.5 Å². The van der Waals surface area contributed by atoms with Gasteiger partial charge < -0.3 is 33.5 Å². The van der Waals surface area contributed by atoms with Crippen molar-refractivity contribution in [2.45, 2.75) is 180 Å². The first-order valence-electron chi connectivity index (χ1n) is 26.2. The highest BCUT2D eigenvalue weighted by Gasteiger charge is 2.53. The number of carbonyl (C=O) groups is 4. The van der Waals surface area contributed by atoms with Gasteiger partial charge in [0, 0.05) is 33.6 Å². The summed E-state index contributed by atoms with van der Waals surface area (Å²) in [5, 5.41) is 10.6. The lowest BCUT2D eigenvalue weighted by Gasteiger charge is -2.44. The highest BCUT2D eigenvalue weighted by Crippen LogP contribution is 2.47. The molecule has 11 heteroatoms. The summed E-state index contributed by atoms with van der Waals surface area (Å²) in [7, 11) is 0. The molecule has 1 saturated heterocycles. The number of esters is 4. The van der Waals surface area contributed by atoms with Crippen LogP contribution in [0.2, 0.25) is 0 Å². The van der Waals surface area contributed by atoms with Gasteiger partial charge in [-0.1, -0.05) is 174 Å². The van der Waals surface area contributed by atoms with Crippen molar-refractivity contribution in [1.29, 1.82) is 0 Å². The first-order chi connectivity index (χ1) is 35.1. The fourth-order valence-corrected chi connectivity index (χ4v) is 8.56. The van der Waals surface area contributed by atoms with Gasteiger partial charge in [-0.3, -0.25) is 19.2 Å². The second kappa shape index (κ2) is 32.5. The molecule has 11 nitrogen and oxygen atoms in total. The minimum atomic E-state index is -1.29. The predicted molar refractivity (Wildman–Crippen MR) is 303 cm³/mol. The maximum absolute atomic E-state index is 12.3. The molecule has 1 aliphatic carbocycles. The molecule has 0 aromatic heterocycles. The molecule has 2 aliphatic rings. The minimum absolute atomic E-state index is 0.0465. The van der Waals surface area contributed by atoms with Crippen LogP contribution in [0.4, 0.5) is 0 Å². The van der Waals surface area contributed by atoms with Crippen LogP contribution in [0.25, 0.3) is 0 Å². The van der Waals surface area contributed by atoms with E-state index in [0.29, 0.717) is 5.92 Å². The van der Waals surface area contributed by atoms with Gasteiger partial charge in [0.05, 0.1) is 12.2 Å². The summed E-state index contributed by atoms with van der Waals surface area (Å²) in [6, 6.07) is 0. The van der Waals surface area contributed by atoms with Crippen LogP contribution in [0, 0.1) is 17.3 Å². The molecule has 0 radical (unpaired) electrons. The first kappa shape index (κ1) is 65.2. The van der Waals surface area contributed by atoms with Crippen molar-refractivity contribution < 1.29 is 52.7 Å². The second-order valence-corrected chi connectivity index (χ2v) is 21.3. The topological polar surface area (TPSA) is 144 Å². The average Bonchev–Trinajstić information content (AvgIpc) is 3.29. The number of aliphatic hydroxyl groups is 1. The van der Waals surface area contributed by atoms with Crippen molar-refractivity contribution in [1.82, 2.24) is 0 Å². The molecular weight excluding hydrogens is 945 g/mol. The van der Waals surface area contributed by atoms with Crippen molar-refractivity contribution in [3.05, 3.63) is 166 Å². The third kappa shape index (κ3) is 25.5. The molecule has 1 fully saturated rings. The van der Waals surface area contributed by atoms with Gasteiger partial charge in [0.2, 0.25) is 0 Å². The highest BCUT2D eigenvalue weighted by atomic mass is 16.7. The molecule has 0 aromatic rings. The molecule has 0 unspecified atom stereocenters. The maximum atomic E-state index is 12.3. The zero-order valence-electron chi connectivity index (χ0n) is 48.3. The number of carbonyl (C=O) groups excluding carboxylic acids is 4. The van der Waals surface area contributed by atoms with Crippen molar-refractivity contribution in [2.75, 3.05) is 13.2 Å². The lowest BCUT2D eigenvalue weighted by molar-refractivity contribution is -0.306. The Balaban J connectivity index is 2.05. The minimum Gasteiger partial charge on any atom is -0.463 e. The molecule has 2 rings (SSSR count). The van der Waals surface area contributed by atoms with E-state index in [9.17, 15) is 24.3 Å². The van der Waals surface area contributed by atoms with E-state index in [0.717, 1.165) is 59.1 Å². The highest BCUT2D eigenvalue weighted by molar-refractivity contribution is 5.68. The number of hydrogen-bond acceptors (Lipinski definition) is 11. The third-order valence-corrected chi connectivity index (χ3v) is 13.0. The molecule has 0 aromatic carbocycles. The summed E-state index contributed by atoms with van der Waals surface area (Å²) in [6.07, 6.45) is 37.5. The third-order valence-electron chi connectivity index (χ3n) is 13.0. The van der Waals surface area contributed by atoms with E-state index >= 15 is 0 Å². The van der Waals surface area contributed by atoms with E-state index in [2.05, 4.69) is 173 Å². The Morgan fingerprint density at radius 2 is 1.13 bits per heavy atom.